The Kier molecular flexibility index (Phi) is 8.29. The highest BCUT2D eigenvalue weighted by atomic mass is 32.3. The van der Waals surface area contributed by atoms with Crippen LogP contribution in [0.4, 0.5) is 0 Å². The maximum Gasteiger partial charge on any atom is 0.397 e. The van der Waals surface area contributed by atoms with Crippen LogP contribution in [0.1, 0.15) is 26.7 Å². The van der Waals surface area contributed by atoms with Crippen LogP contribution in [0, 0.1) is 0 Å². The molecule has 0 bridgehead atoms. The predicted octanol–water partition coefficient (Wildman–Crippen LogP) is 1.60. The van der Waals surface area contributed by atoms with Gasteiger partial charge in [0, 0.05) is 11.8 Å². The number of thiocarbonyl (C=S) groups is 1. The third-order valence-corrected chi connectivity index (χ3v) is 3.54. The molecule has 0 radical (unpaired) electrons. The van der Waals surface area contributed by atoms with Gasteiger partial charge in [0.05, 0.1) is 6.61 Å². The first kappa shape index (κ1) is 16.1. The first-order chi connectivity index (χ1) is 7.35. The standard InChI is InChI=1S/C8H17NO4S3/c1-3-7(2)9-8(14)15-6-4-5-13-16(10,11)12/h7H,3-6H2,1-2H3,(H,9,14)(H,10,11,12). The molecule has 0 aromatic rings. The smallest absolute Gasteiger partial charge is 0.369 e. The van der Waals surface area contributed by atoms with Gasteiger partial charge in [-0.15, -0.1) is 0 Å². The Bertz CT molecular complexity index is 304. The molecule has 1 unspecified atom stereocenters. The molecule has 1 atom stereocenters. The van der Waals surface area contributed by atoms with Gasteiger partial charge in [-0.3, -0.25) is 4.55 Å². The Morgan fingerprint density at radius 1 is 1.62 bits per heavy atom. The summed E-state index contributed by atoms with van der Waals surface area (Å²) in [5.41, 5.74) is 0. The van der Waals surface area contributed by atoms with E-state index in [0.717, 1.165) is 6.42 Å². The molecule has 8 heteroatoms. The van der Waals surface area contributed by atoms with Crippen LogP contribution in [0.15, 0.2) is 0 Å². The van der Waals surface area contributed by atoms with Crippen LogP contribution in [0.5, 0.6) is 0 Å². The lowest BCUT2D eigenvalue weighted by molar-refractivity contribution is 0.270. The number of rotatable bonds is 7. The van der Waals surface area contributed by atoms with Gasteiger partial charge in [-0.05, 0) is 19.8 Å². The molecule has 2 N–H and O–H groups in total. The van der Waals surface area contributed by atoms with Gasteiger partial charge < -0.3 is 5.32 Å². The van der Waals surface area contributed by atoms with Crippen molar-refractivity contribution < 1.29 is 17.2 Å². The van der Waals surface area contributed by atoms with Crippen molar-refractivity contribution >= 4 is 38.7 Å². The fourth-order valence-electron chi connectivity index (χ4n) is 0.733. The molecule has 0 saturated carbocycles. The fraction of sp³-hybridized carbons (Fsp3) is 0.875. The van der Waals surface area contributed by atoms with E-state index in [1.54, 1.807) is 0 Å². The quantitative estimate of drug-likeness (QED) is 0.418. The van der Waals surface area contributed by atoms with E-state index in [9.17, 15) is 8.42 Å². The monoisotopic (exact) mass is 287 g/mol. The second-order valence-corrected chi connectivity index (χ2v) is 6.06. The summed E-state index contributed by atoms with van der Waals surface area (Å²) < 4.78 is 33.5. The van der Waals surface area contributed by atoms with Gasteiger partial charge in [0.1, 0.15) is 4.32 Å². The summed E-state index contributed by atoms with van der Waals surface area (Å²) in [5.74, 6) is 0.651. The van der Waals surface area contributed by atoms with Crippen molar-refractivity contribution in [1.82, 2.24) is 5.32 Å². The molecule has 0 aliphatic heterocycles. The van der Waals surface area contributed by atoms with Crippen molar-refractivity contribution in [2.75, 3.05) is 12.4 Å². The number of hydrogen-bond donors (Lipinski definition) is 2. The molecule has 0 fully saturated rings. The summed E-state index contributed by atoms with van der Waals surface area (Å²) in [6, 6.07) is 0.342. The minimum Gasteiger partial charge on any atom is -0.369 e. The summed E-state index contributed by atoms with van der Waals surface area (Å²) in [4.78, 5) is 0. The number of thioether (sulfide) groups is 1. The van der Waals surface area contributed by atoms with Crippen LogP contribution in [0.25, 0.3) is 0 Å². The highest BCUT2D eigenvalue weighted by Crippen LogP contribution is 2.06. The average molecular weight is 287 g/mol. The molecule has 0 aliphatic rings. The molecular formula is C8H17NO4S3. The third kappa shape index (κ3) is 10.6. The van der Waals surface area contributed by atoms with Gasteiger partial charge in [-0.2, -0.15) is 8.42 Å². The minimum absolute atomic E-state index is 0.0300. The summed E-state index contributed by atoms with van der Waals surface area (Å²) in [6.45, 7) is 4.07. The van der Waals surface area contributed by atoms with E-state index in [2.05, 4.69) is 16.4 Å². The topological polar surface area (TPSA) is 75.6 Å². The van der Waals surface area contributed by atoms with Gasteiger partial charge in [-0.1, -0.05) is 30.9 Å². The Morgan fingerprint density at radius 2 is 2.25 bits per heavy atom. The van der Waals surface area contributed by atoms with Gasteiger partial charge in [0.15, 0.2) is 0 Å². The molecule has 0 aromatic carbocycles. The van der Waals surface area contributed by atoms with Gasteiger partial charge in [0.2, 0.25) is 0 Å². The second-order valence-electron chi connectivity index (χ2n) is 3.19. The van der Waals surface area contributed by atoms with E-state index in [1.807, 2.05) is 6.92 Å². The van der Waals surface area contributed by atoms with Gasteiger partial charge in [-0.25, -0.2) is 4.18 Å². The van der Waals surface area contributed by atoms with Crippen LogP contribution < -0.4 is 5.32 Å². The first-order valence-electron chi connectivity index (χ1n) is 4.90. The van der Waals surface area contributed by atoms with E-state index in [4.69, 9.17) is 16.8 Å². The lowest BCUT2D eigenvalue weighted by atomic mass is 10.3. The molecule has 0 aromatic heterocycles. The largest absolute Gasteiger partial charge is 0.397 e. The lowest BCUT2D eigenvalue weighted by Gasteiger charge is -2.12. The molecule has 0 amide bonds. The van der Waals surface area contributed by atoms with Crippen molar-refractivity contribution in [2.45, 2.75) is 32.7 Å². The van der Waals surface area contributed by atoms with Crippen molar-refractivity contribution in [3.8, 4) is 0 Å². The predicted molar refractivity (Wildman–Crippen MR) is 70.1 cm³/mol. The normalized spacial score (nSPS) is 13.4. The lowest BCUT2D eigenvalue weighted by Crippen LogP contribution is -2.28. The average Bonchev–Trinajstić information content (AvgIpc) is 2.15. The molecule has 96 valence electrons. The van der Waals surface area contributed by atoms with E-state index in [1.165, 1.54) is 11.8 Å². The summed E-state index contributed by atoms with van der Waals surface area (Å²) in [7, 11) is -4.31. The van der Waals surface area contributed by atoms with Crippen molar-refractivity contribution in [2.24, 2.45) is 0 Å². The van der Waals surface area contributed by atoms with Crippen molar-refractivity contribution in [3.63, 3.8) is 0 Å². The molecule has 0 rings (SSSR count). The Labute approximate surface area is 106 Å². The maximum absolute atomic E-state index is 10.2. The summed E-state index contributed by atoms with van der Waals surface area (Å²) in [5, 5.41) is 3.12. The van der Waals surface area contributed by atoms with Crippen LogP contribution in [0.2, 0.25) is 0 Å². The molecule has 0 aliphatic carbocycles. The Balaban J connectivity index is 3.49. The zero-order valence-electron chi connectivity index (χ0n) is 9.30. The zero-order valence-corrected chi connectivity index (χ0v) is 11.8. The van der Waals surface area contributed by atoms with E-state index in [-0.39, 0.29) is 6.61 Å². The Morgan fingerprint density at radius 3 is 2.75 bits per heavy atom. The van der Waals surface area contributed by atoms with Crippen molar-refractivity contribution in [1.29, 1.82) is 0 Å². The van der Waals surface area contributed by atoms with E-state index in [0.29, 0.717) is 22.5 Å². The first-order valence-corrected chi connectivity index (χ1v) is 7.66. The fourth-order valence-corrected chi connectivity index (χ4v) is 2.24. The summed E-state index contributed by atoms with van der Waals surface area (Å²) >= 11 is 6.50. The molecule has 5 nitrogen and oxygen atoms in total. The van der Waals surface area contributed by atoms with Crippen LogP contribution in [-0.4, -0.2) is 35.7 Å². The summed E-state index contributed by atoms with van der Waals surface area (Å²) in [6.07, 6.45) is 1.50. The molecule has 16 heavy (non-hydrogen) atoms. The second kappa shape index (κ2) is 8.24. The Hall–Kier alpha value is 0.110. The molecular weight excluding hydrogens is 270 g/mol. The van der Waals surface area contributed by atoms with Crippen LogP contribution >= 0.6 is 24.0 Å². The third-order valence-electron chi connectivity index (χ3n) is 1.73. The van der Waals surface area contributed by atoms with Crippen LogP contribution in [0.3, 0.4) is 0 Å². The van der Waals surface area contributed by atoms with Gasteiger partial charge >= 0.3 is 10.4 Å². The van der Waals surface area contributed by atoms with E-state index < -0.39 is 10.4 Å². The highest BCUT2D eigenvalue weighted by molar-refractivity contribution is 8.22. The molecule has 0 heterocycles. The molecule has 0 saturated heterocycles. The SMILES string of the molecule is CCC(C)NC(=S)SCCCOS(=O)(=O)O. The maximum atomic E-state index is 10.2. The van der Waals surface area contributed by atoms with Crippen molar-refractivity contribution in [3.05, 3.63) is 0 Å². The zero-order chi connectivity index (χ0) is 12.6. The number of hydrogen-bond acceptors (Lipinski definition) is 5. The van der Waals surface area contributed by atoms with E-state index >= 15 is 0 Å². The van der Waals surface area contributed by atoms with Crippen LogP contribution in [-0.2, 0) is 14.6 Å². The minimum atomic E-state index is -4.31. The molecule has 0 spiro atoms. The number of nitrogens with one attached hydrogen (secondary N) is 1. The highest BCUT2D eigenvalue weighted by Gasteiger charge is 2.05. The van der Waals surface area contributed by atoms with Gasteiger partial charge in [0.25, 0.3) is 0 Å².